The van der Waals surface area contributed by atoms with E-state index < -0.39 is 29.4 Å². The summed E-state index contributed by atoms with van der Waals surface area (Å²) < 4.78 is 0. The van der Waals surface area contributed by atoms with Gasteiger partial charge in [0.15, 0.2) is 0 Å². The van der Waals surface area contributed by atoms with E-state index in [0.29, 0.717) is 38.0 Å². The van der Waals surface area contributed by atoms with Gasteiger partial charge in [0.1, 0.15) is 0 Å². The Labute approximate surface area is 210 Å². The number of hydrogen-bond donors (Lipinski definition) is 4. The highest BCUT2D eigenvalue weighted by molar-refractivity contribution is 5.96. The Morgan fingerprint density at radius 1 is 1.09 bits per heavy atom. The molecule has 2 amide bonds. The molecular weight excluding hydrogens is 442 g/mol. The monoisotopic (exact) mass is 485 g/mol. The van der Waals surface area contributed by atoms with Crippen LogP contribution in [0.15, 0.2) is 54.1 Å². The van der Waals surface area contributed by atoms with Gasteiger partial charge in [-0.2, -0.15) is 0 Å². The summed E-state index contributed by atoms with van der Waals surface area (Å²) in [5.74, 6) is -1.20. The standard InChI is InChI=1S/C28H43N3O4/c1-4-15-31(16-5-2)26(34)22-13-10-14-28(18-22,27(29)35)24(17-21-11-8-7-9-12-21)25(33)20-30-19-23(32)6-3/h7-14,23-25,30,32-33H,4-6,15-20H2,1-3H3,(H2,29,35)/t23?,24-,25+,28?/m1/s1. The highest BCUT2D eigenvalue weighted by Crippen LogP contribution is 2.42. The summed E-state index contributed by atoms with van der Waals surface area (Å²) in [7, 11) is 0. The molecule has 0 aromatic heterocycles. The van der Waals surface area contributed by atoms with E-state index in [1.165, 1.54) is 0 Å². The molecule has 0 saturated heterocycles. The number of allylic oxidation sites excluding steroid dienone is 2. The van der Waals surface area contributed by atoms with Crippen molar-refractivity contribution >= 4 is 11.8 Å². The molecule has 0 aliphatic heterocycles. The molecule has 0 spiro atoms. The van der Waals surface area contributed by atoms with Crippen molar-refractivity contribution in [1.82, 2.24) is 10.2 Å². The number of aliphatic hydroxyl groups is 2. The molecule has 1 aromatic carbocycles. The lowest BCUT2D eigenvalue weighted by molar-refractivity contribution is -0.132. The molecule has 1 aromatic rings. The maximum absolute atomic E-state index is 13.4. The number of nitrogens with one attached hydrogen (secondary N) is 1. The Hall–Kier alpha value is -2.48. The van der Waals surface area contributed by atoms with Crippen LogP contribution >= 0.6 is 0 Å². The van der Waals surface area contributed by atoms with Crippen LogP contribution in [0.2, 0.25) is 0 Å². The molecule has 2 rings (SSSR count). The summed E-state index contributed by atoms with van der Waals surface area (Å²) >= 11 is 0. The molecule has 0 fully saturated rings. The van der Waals surface area contributed by atoms with Crippen molar-refractivity contribution in [2.45, 2.75) is 65.1 Å². The van der Waals surface area contributed by atoms with Crippen molar-refractivity contribution in [1.29, 1.82) is 0 Å². The third-order valence-electron chi connectivity index (χ3n) is 6.81. The number of carbonyl (C=O) groups is 2. The molecule has 0 heterocycles. The van der Waals surface area contributed by atoms with E-state index in [1.54, 1.807) is 18.2 Å². The number of amides is 2. The van der Waals surface area contributed by atoms with Gasteiger partial charge < -0.3 is 26.2 Å². The minimum Gasteiger partial charge on any atom is -0.392 e. The number of primary amides is 1. The van der Waals surface area contributed by atoms with Gasteiger partial charge in [-0.05, 0) is 37.7 Å². The Morgan fingerprint density at radius 3 is 2.31 bits per heavy atom. The fourth-order valence-electron chi connectivity index (χ4n) is 4.79. The second kappa shape index (κ2) is 14.2. The first kappa shape index (κ1) is 28.8. The van der Waals surface area contributed by atoms with Crippen LogP contribution in [0.1, 0.15) is 52.0 Å². The van der Waals surface area contributed by atoms with Crippen LogP contribution in [-0.4, -0.2) is 65.3 Å². The summed E-state index contributed by atoms with van der Waals surface area (Å²) in [5.41, 5.74) is 6.32. The third-order valence-corrected chi connectivity index (χ3v) is 6.81. The smallest absolute Gasteiger partial charge is 0.249 e. The quantitative estimate of drug-likeness (QED) is 0.305. The predicted molar refractivity (Wildman–Crippen MR) is 139 cm³/mol. The highest BCUT2D eigenvalue weighted by Gasteiger charge is 2.47. The van der Waals surface area contributed by atoms with Gasteiger partial charge in [0, 0.05) is 37.7 Å². The van der Waals surface area contributed by atoms with E-state index >= 15 is 0 Å². The molecule has 5 N–H and O–H groups in total. The Kier molecular flexibility index (Phi) is 11.6. The van der Waals surface area contributed by atoms with E-state index in [1.807, 2.05) is 56.0 Å². The second-order valence-corrected chi connectivity index (χ2v) is 9.51. The lowest BCUT2D eigenvalue weighted by atomic mass is 9.64. The topological polar surface area (TPSA) is 116 Å². The zero-order chi connectivity index (χ0) is 25.8. The predicted octanol–water partition coefficient (Wildman–Crippen LogP) is 2.57. The van der Waals surface area contributed by atoms with Crippen LogP contribution in [-0.2, 0) is 16.0 Å². The van der Waals surface area contributed by atoms with Crippen molar-refractivity contribution in [2.75, 3.05) is 26.2 Å². The number of hydrogen-bond acceptors (Lipinski definition) is 5. The SMILES string of the molecule is CCCN(CCC)C(=O)C1=CC=CC(C(N)=O)([C@H](Cc2ccccc2)[C@@H](O)CNCC(O)CC)C1. The van der Waals surface area contributed by atoms with Crippen molar-refractivity contribution in [3.05, 3.63) is 59.7 Å². The normalized spacial score (nSPS) is 20.1. The molecule has 35 heavy (non-hydrogen) atoms. The zero-order valence-corrected chi connectivity index (χ0v) is 21.5. The van der Waals surface area contributed by atoms with Crippen molar-refractivity contribution < 1.29 is 19.8 Å². The Balaban J connectivity index is 2.37. The third kappa shape index (κ3) is 7.75. The summed E-state index contributed by atoms with van der Waals surface area (Å²) in [6, 6.07) is 9.68. The lowest BCUT2D eigenvalue weighted by Crippen LogP contribution is -2.51. The summed E-state index contributed by atoms with van der Waals surface area (Å²) in [4.78, 5) is 28.3. The van der Waals surface area contributed by atoms with Gasteiger partial charge >= 0.3 is 0 Å². The molecular formula is C28H43N3O4. The second-order valence-electron chi connectivity index (χ2n) is 9.51. The van der Waals surface area contributed by atoms with Crippen LogP contribution < -0.4 is 11.1 Å². The van der Waals surface area contributed by atoms with Gasteiger partial charge in [-0.1, -0.05) is 69.3 Å². The van der Waals surface area contributed by atoms with E-state index in [4.69, 9.17) is 5.73 Å². The van der Waals surface area contributed by atoms with Crippen molar-refractivity contribution in [2.24, 2.45) is 17.1 Å². The van der Waals surface area contributed by atoms with Gasteiger partial charge in [-0.3, -0.25) is 9.59 Å². The zero-order valence-electron chi connectivity index (χ0n) is 21.5. The van der Waals surface area contributed by atoms with Gasteiger partial charge in [0.2, 0.25) is 11.8 Å². The van der Waals surface area contributed by atoms with Crippen LogP contribution in [0.3, 0.4) is 0 Å². The van der Waals surface area contributed by atoms with E-state index in [9.17, 15) is 19.8 Å². The maximum Gasteiger partial charge on any atom is 0.249 e. The van der Waals surface area contributed by atoms with Crippen LogP contribution in [0.4, 0.5) is 0 Å². The van der Waals surface area contributed by atoms with Crippen LogP contribution in [0, 0.1) is 11.3 Å². The van der Waals surface area contributed by atoms with E-state index in [0.717, 1.165) is 18.4 Å². The summed E-state index contributed by atoms with van der Waals surface area (Å²) in [6.07, 6.45) is 6.69. The average Bonchev–Trinajstić information content (AvgIpc) is 2.87. The number of carbonyl (C=O) groups excluding carboxylic acids is 2. The van der Waals surface area contributed by atoms with Crippen LogP contribution in [0.5, 0.6) is 0 Å². The number of aliphatic hydroxyl groups excluding tert-OH is 2. The molecule has 1 aliphatic rings. The molecule has 194 valence electrons. The molecule has 7 heteroatoms. The van der Waals surface area contributed by atoms with Gasteiger partial charge in [0.05, 0.1) is 17.6 Å². The summed E-state index contributed by atoms with van der Waals surface area (Å²) in [6.45, 7) is 7.80. The maximum atomic E-state index is 13.4. The van der Waals surface area contributed by atoms with E-state index in [2.05, 4.69) is 5.32 Å². The fourth-order valence-corrected chi connectivity index (χ4v) is 4.79. The van der Waals surface area contributed by atoms with Crippen LogP contribution in [0.25, 0.3) is 0 Å². The first-order valence-electron chi connectivity index (χ1n) is 12.9. The first-order chi connectivity index (χ1) is 16.8. The van der Waals surface area contributed by atoms with Gasteiger partial charge in [-0.15, -0.1) is 0 Å². The van der Waals surface area contributed by atoms with Gasteiger partial charge in [0.25, 0.3) is 0 Å². The Morgan fingerprint density at radius 2 is 1.74 bits per heavy atom. The van der Waals surface area contributed by atoms with Crippen molar-refractivity contribution in [3.63, 3.8) is 0 Å². The number of rotatable bonds is 15. The number of nitrogens with two attached hydrogens (primary N) is 1. The molecule has 1 aliphatic carbocycles. The Bertz CT molecular complexity index is 864. The molecule has 0 radical (unpaired) electrons. The number of nitrogens with zero attached hydrogens (tertiary/aromatic N) is 1. The minimum atomic E-state index is -1.22. The van der Waals surface area contributed by atoms with Gasteiger partial charge in [-0.25, -0.2) is 0 Å². The minimum absolute atomic E-state index is 0.0826. The highest BCUT2D eigenvalue weighted by atomic mass is 16.3. The fraction of sp³-hybridized carbons (Fsp3) is 0.571. The largest absolute Gasteiger partial charge is 0.392 e. The van der Waals surface area contributed by atoms with E-state index in [-0.39, 0.29) is 18.9 Å². The first-order valence-corrected chi connectivity index (χ1v) is 12.9. The van der Waals surface area contributed by atoms with Crippen molar-refractivity contribution in [3.8, 4) is 0 Å². The number of benzene rings is 1. The molecule has 0 bridgehead atoms. The summed E-state index contributed by atoms with van der Waals surface area (Å²) in [5, 5.41) is 24.3. The molecule has 7 nitrogen and oxygen atoms in total. The lowest BCUT2D eigenvalue weighted by Gasteiger charge is -2.41. The average molecular weight is 486 g/mol. The molecule has 0 saturated carbocycles. The molecule has 4 atom stereocenters. The molecule has 2 unspecified atom stereocenters.